The third-order valence-corrected chi connectivity index (χ3v) is 9.33. The van der Waals surface area contributed by atoms with E-state index in [2.05, 4.69) is 47.9 Å². The lowest BCUT2D eigenvalue weighted by Crippen LogP contribution is -2.38. The van der Waals surface area contributed by atoms with Crippen LogP contribution in [0, 0.1) is 6.92 Å². The van der Waals surface area contributed by atoms with Gasteiger partial charge in [-0.2, -0.15) is 4.31 Å². The molecule has 0 unspecified atom stereocenters. The first-order valence-corrected chi connectivity index (χ1v) is 14.3. The average Bonchev–Trinajstić information content (AvgIpc) is 3.17. The zero-order chi connectivity index (χ0) is 25.3. The summed E-state index contributed by atoms with van der Waals surface area (Å²) in [5.74, 6) is 0.994. The molecule has 0 radical (unpaired) electrons. The Morgan fingerprint density at radius 1 is 0.944 bits per heavy atom. The van der Waals surface area contributed by atoms with Crippen LogP contribution >= 0.6 is 11.6 Å². The van der Waals surface area contributed by atoms with E-state index in [0.717, 1.165) is 24.4 Å². The van der Waals surface area contributed by atoms with Crippen molar-refractivity contribution in [3.63, 3.8) is 0 Å². The molecule has 0 atom stereocenters. The minimum atomic E-state index is -3.53. The van der Waals surface area contributed by atoms with E-state index in [0.29, 0.717) is 36.3 Å². The summed E-state index contributed by atoms with van der Waals surface area (Å²) in [4.78, 5) is 0.320. The van der Waals surface area contributed by atoms with Crippen LogP contribution in [0.5, 0.6) is 5.75 Å². The smallest absolute Gasteiger partial charge is 0.243 e. The Kier molecular flexibility index (Phi) is 7.11. The van der Waals surface area contributed by atoms with Gasteiger partial charge in [0.05, 0.1) is 11.5 Å². The van der Waals surface area contributed by atoms with E-state index in [-0.39, 0.29) is 0 Å². The van der Waals surface area contributed by atoms with Gasteiger partial charge in [-0.05, 0) is 86.2 Å². The maximum Gasteiger partial charge on any atom is 0.243 e. The summed E-state index contributed by atoms with van der Waals surface area (Å²) in [5, 5.41) is 2.00. The highest BCUT2D eigenvalue weighted by molar-refractivity contribution is 7.89. The summed E-state index contributed by atoms with van der Waals surface area (Å²) in [6, 6.07) is 23.3. The summed E-state index contributed by atoms with van der Waals surface area (Å²) < 4.78 is 36.0. The van der Waals surface area contributed by atoms with Crippen molar-refractivity contribution in [1.82, 2.24) is 8.87 Å². The molecule has 5 rings (SSSR count). The number of halogens is 1. The predicted octanol–water partition coefficient (Wildman–Crippen LogP) is 6.62. The van der Waals surface area contributed by atoms with Crippen LogP contribution in [0.25, 0.3) is 10.9 Å². The van der Waals surface area contributed by atoms with Crippen LogP contribution in [0.15, 0.2) is 77.7 Å². The molecule has 188 valence electrons. The Hall–Kier alpha value is -2.80. The first-order chi connectivity index (χ1) is 17.4. The third kappa shape index (κ3) is 4.77. The first kappa shape index (κ1) is 24.9. The molecule has 5 nitrogen and oxygen atoms in total. The monoisotopic (exact) mass is 522 g/mol. The van der Waals surface area contributed by atoms with Crippen LogP contribution < -0.4 is 4.74 Å². The molecule has 1 fully saturated rings. The number of hydrogen-bond acceptors (Lipinski definition) is 3. The Morgan fingerprint density at radius 2 is 1.61 bits per heavy atom. The second-order valence-electron chi connectivity index (χ2n) is 9.31. The minimum absolute atomic E-state index is 0.313. The standard InChI is InChI=1S/C29H31ClN2O3S/c1-3-35-25-12-14-26(15-13-25)36(33,34)31-18-16-23(17-19-31)29-21(2)32(28-7-5-4-6-27(28)29)20-22-8-10-24(30)11-9-22/h4-15,23H,3,16-20H2,1-2H3. The molecule has 7 heteroatoms. The van der Waals surface area contributed by atoms with Crippen LogP contribution in [0.4, 0.5) is 0 Å². The summed E-state index contributed by atoms with van der Waals surface area (Å²) >= 11 is 6.09. The van der Waals surface area contributed by atoms with Crippen molar-refractivity contribution < 1.29 is 13.2 Å². The topological polar surface area (TPSA) is 51.5 Å². The number of piperidine rings is 1. The second-order valence-corrected chi connectivity index (χ2v) is 11.7. The fourth-order valence-electron chi connectivity index (χ4n) is 5.36. The van der Waals surface area contributed by atoms with E-state index in [9.17, 15) is 8.42 Å². The Bertz CT molecular complexity index is 1450. The molecular formula is C29H31ClN2O3S. The van der Waals surface area contributed by atoms with Crippen LogP contribution in [0.3, 0.4) is 0 Å². The van der Waals surface area contributed by atoms with Gasteiger partial charge in [-0.3, -0.25) is 0 Å². The Morgan fingerprint density at radius 3 is 2.28 bits per heavy atom. The highest BCUT2D eigenvalue weighted by Crippen LogP contribution is 2.38. The SMILES string of the molecule is CCOc1ccc(S(=O)(=O)N2CCC(c3c(C)n(Cc4ccc(Cl)cc4)c4ccccc34)CC2)cc1. The number of ether oxygens (including phenoxy) is 1. The van der Waals surface area contributed by atoms with Crippen LogP contribution in [0.2, 0.25) is 5.02 Å². The molecule has 1 aromatic heterocycles. The van der Waals surface area contributed by atoms with Crippen LogP contribution in [-0.2, 0) is 16.6 Å². The van der Waals surface area contributed by atoms with Crippen molar-refractivity contribution in [2.45, 2.75) is 44.0 Å². The number of benzene rings is 3. The number of sulfonamides is 1. The summed E-state index contributed by atoms with van der Waals surface area (Å²) in [5.41, 5.74) is 5.01. The fourth-order valence-corrected chi connectivity index (χ4v) is 6.95. The molecular weight excluding hydrogens is 492 g/mol. The number of nitrogens with zero attached hydrogens (tertiary/aromatic N) is 2. The molecule has 0 aliphatic carbocycles. The van der Waals surface area contributed by atoms with Crippen molar-refractivity contribution >= 4 is 32.5 Å². The minimum Gasteiger partial charge on any atom is -0.494 e. The molecule has 4 aromatic rings. The maximum atomic E-state index is 13.3. The molecule has 0 bridgehead atoms. The molecule has 0 spiro atoms. The van der Waals surface area contributed by atoms with Gasteiger partial charge in [-0.15, -0.1) is 0 Å². The molecule has 0 N–H and O–H groups in total. The van der Waals surface area contributed by atoms with Crippen LogP contribution in [-0.4, -0.2) is 37.0 Å². The molecule has 0 saturated carbocycles. The van der Waals surface area contributed by atoms with Gasteiger partial charge in [0.15, 0.2) is 0 Å². The van der Waals surface area contributed by atoms with E-state index in [4.69, 9.17) is 16.3 Å². The number of fused-ring (bicyclic) bond motifs is 1. The second kappa shape index (κ2) is 10.3. The lowest BCUT2D eigenvalue weighted by molar-refractivity contribution is 0.319. The van der Waals surface area contributed by atoms with E-state index in [1.807, 2.05) is 19.1 Å². The van der Waals surface area contributed by atoms with Gasteiger partial charge in [0.25, 0.3) is 0 Å². The lowest BCUT2D eigenvalue weighted by Gasteiger charge is -2.31. The fraction of sp³-hybridized carbons (Fsp3) is 0.310. The van der Waals surface area contributed by atoms with Crippen molar-refractivity contribution in [3.05, 3.63) is 94.6 Å². The zero-order valence-electron chi connectivity index (χ0n) is 20.7. The van der Waals surface area contributed by atoms with Gasteiger partial charge in [0.1, 0.15) is 5.75 Å². The van der Waals surface area contributed by atoms with E-state index in [1.54, 1.807) is 28.6 Å². The van der Waals surface area contributed by atoms with Crippen molar-refractivity contribution in [2.24, 2.45) is 0 Å². The van der Waals surface area contributed by atoms with Crippen molar-refractivity contribution in [1.29, 1.82) is 0 Å². The average molecular weight is 523 g/mol. The molecule has 1 aliphatic heterocycles. The highest BCUT2D eigenvalue weighted by Gasteiger charge is 2.32. The molecule has 2 heterocycles. The van der Waals surface area contributed by atoms with E-state index < -0.39 is 10.0 Å². The maximum absolute atomic E-state index is 13.3. The van der Waals surface area contributed by atoms with Crippen molar-refractivity contribution in [3.8, 4) is 5.75 Å². The largest absolute Gasteiger partial charge is 0.494 e. The highest BCUT2D eigenvalue weighted by atomic mass is 35.5. The zero-order valence-corrected chi connectivity index (χ0v) is 22.2. The number of rotatable bonds is 7. The van der Waals surface area contributed by atoms with Crippen LogP contribution in [0.1, 0.15) is 42.5 Å². The molecule has 1 aliphatic rings. The third-order valence-electron chi connectivity index (χ3n) is 7.17. The molecule has 3 aromatic carbocycles. The normalized spacial score (nSPS) is 15.4. The lowest BCUT2D eigenvalue weighted by atomic mass is 9.88. The Labute approximate surface area is 218 Å². The molecule has 1 saturated heterocycles. The van der Waals surface area contributed by atoms with Gasteiger partial charge in [-0.25, -0.2) is 8.42 Å². The first-order valence-electron chi connectivity index (χ1n) is 12.4. The van der Waals surface area contributed by atoms with Gasteiger partial charge in [-0.1, -0.05) is 41.9 Å². The number of hydrogen-bond donors (Lipinski definition) is 0. The number of para-hydroxylation sites is 1. The van der Waals surface area contributed by atoms with Gasteiger partial charge >= 0.3 is 0 Å². The van der Waals surface area contributed by atoms with E-state index >= 15 is 0 Å². The van der Waals surface area contributed by atoms with Gasteiger partial charge < -0.3 is 9.30 Å². The number of aromatic nitrogens is 1. The Balaban J connectivity index is 1.38. The summed E-state index contributed by atoms with van der Waals surface area (Å²) in [6.07, 6.45) is 1.60. The quantitative estimate of drug-likeness (QED) is 0.274. The molecule has 0 amide bonds. The van der Waals surface area contributed by atoms with Gasteiger partial charge in [0.2, 0.25) is 10.0 Å². The summed E-state index contributed by atoms with van der Waals surface area (Å²) in [7, 11) is -3.53. The molecule has 36 heavy (non-hydrogen) atoms. The van der Waals surface area contributed by atoms with E-state index in [1.165, 1.54) is 27.7 Å². The summed E-state index contributed by atoms with van der Waals surface area (Å²) in [6.45, 7) is 6.44. The van der Waals surface area contributed by atoms with Gasteiger partial charge in [0, 0.05) is 41.3 Å². The van der Waals surface area contributed by atoms with Crippen molar-refractivity contribution in [2.75, 3.05) is 19.7 Å². The predicted molar refractivity (Wildman–Crippen MR) is 146 cm³/mol.